The van der Waals surface area contributed by atoms with Gasteiger partial charge in [-0.3, -0.25) is 4.79 Å². The van der Waals surface area contributed by atoms with Crippen LogP contribution in [0.3, 0.4) is 0 Å². The number of rotatable bonds is 5. The first-order valence-corrected chi connectivity index (χ1v) is 10.5. The van der Waals surface area contributed by atoms with E-state index in [-0.39, 0.29) is 16.9 Å². The zero-order valence-electron chi connectivity index (χ0n) is 15.2. The monoisotopic (exact) mass is 379 g/mol. The van der Waals surface area contributed by atoms with E-state index in [9.17, 15) is 14.0 Å². The van der Waals surface area contributed by atoms with Gasteiger partial charge in [0.05, 0.1) is 17.5 Å². The average molecular weight is 379 g/mol. The van der Waals surface area contributed by atoms with E-state index in [0.29, 0.717) is 18.3 Å². The molecule has 1 saturated heterocycles. The Morgan fingerprint density at radius 2 is 1.96 bits per heavy atom. The molecule has 2 atom stereocenters. The van der Waals surface area contributed by atoms with Gasteiger partial charge in [-0.25, -0.2) is 9.18 Å². The summed E-state index contributed by atoms with van der Waals surface area (Å²) in [5.74, 6) is -0.445. The molecule has 1 aromatic carbocycles. The lowest BCUT2D eigenvalue weighted by atomic mass is 9.88. The summed E-state index contributed by atoms with van der Waals surface area (Å²) in [6.07, 6.45) is 6.35. The maximum atomic E-state index is 14.2. The molecule has 26 heavy (non-hydrogen) atoms. The third kappa shape index (κ3) is 4.05. The van der Waals surface area contributed by atoms with E-state index in [1.165, 1.54) is 18.6 Å². The number of amides is 1. The van der Waals surface area contributed by atoms with E-state index in [1.807, 2.05) is 6.92 Å². The Morgan fingerprint density at radius 1 is 1.23 bits per heavy atom. The van der Waals surface area contributed by atoms with Crippen LogP contribution < -0.4 is 0 Å². The fraction of sp³-hybridized carbons (Fsp3) is 0.600. The highest BCUT2D eigenvalue weighted by atomic mass is 32.2. The molecule has 1 aromatic rings. The van der Waals surface area contributed by atoms with Crippen LogP contribution >= 0.6 is 11.8 Å². The van der Waals surface area contributed by atoms with Crippen molar-refractivity contribution >= 4 is 23.6 Å². The Bertz CT molecular complexity index is 648. The summed E-state index contributed by atoms with van der Waals surface area (Å²) >= 11 is 1.64. The van der Waals surface area contributed by atoms with Crippen molar-refractivity contribution in [3.05, 3.63) is 35.6 Å². The highest BCUT2D eigenvalue weighted by Gasteiger charge is 2.46. The van der Waals surface area contributed by atoms with Gasteiger partial charge in [-0.05, 0) is 37.3 Å². The summed E-state index contributed by atoms with van der Waals surface area (Å²) in [4.78, 5) is 27.3. The molecule has 4 nitrogen and oxygen atoms in total. The van der Waals surface area contributed by atoms with Gasteiger partial charge in [0.25, 0.3) is 5.91 Å². The van der Waals surface area contributed by atoms with Crippen LogP contribution in [0.1, 0.15) is 55.8 Å². The van der Waals surface area contributed by atoms with Gasteiger partial charge in [-0.15, -0.1) is 11.8 Å². The molecule has 1 aliphatic heterocycles. The van der Waals surface area contributed by atoms with Gasteiger partial charge in [0, 0.05) is 5.75 Å². The van der Waals surface area contributed by atoms with Crippen molar-refractivity contribution in [3.8, 4) is 0 Å². The molecule has 1 saturated carbocycles. The molecule has 3 rings (SSSR count). The van der Waals surface area contributed by atoms with Gasteiger partial charge >= 0.3 is 5.97 Å². The zero-order valence-corrected chi connectivity index (χ0v) is 16.0. The van der Waals surface area contributed by atoms with Crippen LogP contribution in [0, 0.1) is 11.7 Å². The smallest absolute Gasteiger partial charge is 0.329 e. The van der Waals surface area contributed by atoms with Crippen LogP contribution in [0.2, 0.25) is 0 Å². The fourth-order valence-corrected chi connectivity index (χ4v) is 5.45. The van der Waals surface area contributed by atoms with Crippen LogP contribution in [0.4, 0.5) is 4.39 Å². The van der Waals surface area contributed by atoms with Crippen LogP contribution in [0.25, 0.3) is 0 Å². The first kappa shape index (κ1) is 19.2. The maximum absolute atomic E-state index is 14.2. The van der Waals surface area contributed by atoms with Crippen molar-refractivity contribution in [2.75, 3.05) is 12.4 Å². The molecule has 2 fully saturated rings. The van der Waals surface area contributed by atoms with E-state index in [0.717, 1.165) is 32.1 Å². The van der Waals surface area contributed by atoms with Crippen molar-refractivity contribution in [2.24, 2.45) is 5.92 Å². The highest BCUT2D eigenvalue weighted by molar-refractivity contribution is 8.00. The first-order valence-electron chi connectivity index (χ1n) is 9.49. The molecule has 6 heteroatoms. The van der Waals surface area contributed by atoms with Crippen LogP contribution in [0.5, 0.6) is 0 Å². The molecule has 1 amide bonds. The van der Waals surface area contributed by atoms with Gasteiger partial charge in [-0.2, -0.15) is 0 Å². The number of nitrogens with zero attached hydrogens (tertiary/aromatic N) is 1. The minimum absolute atomic E-state index is 0.0316. The Balaban J connectivity index is 1.87. The summed E-state index contributed by atoms with van der Waals surface area (Å²) in [6.45, 7) is 2.28. The van der Waals surface area contributed by atoms with E-state index in [1.54, 1.807) is 28.8 Å². The van der Waals surface area contributed by atoms with Crippen molar-refractivity contribution < 1.29 is 18.7 Å². The third-order valence-electron chi connectivity index (χ3n) is 5.15. The second-order valence-electron chi connectivity index (χ2n) is 7.00. The first-order chi connectivity index (χ1) is 12.6. The lowest BCUT2D eigenvalue weighted by Gasteiger charge is -2.35. The Hall–Kier alpha value is -1.56. The van der Waals surface area contributed by atoms with E-state index < -0.39 is 17.8 Å². The summed E-state index contributed by atoms with van der Waals surface area (Å²) in [6, 6.07) is 5.37. The molecular weight excluding hydrogens is 353 g/mol. The topological polar surface area (TPSA) is 46.6 Å². The lowest BCUT2D eigenvalue weighted by molar-refractivity contribution is -0.148. The number of thioether (sulfide) groups is 1. The number of benzene rings is 1. The average Bonchev–Trinajstić information content (AvgIpc) is 3.12. The molecule has 0 radical (unpaired) electrons. The summed E-state index contributed by atoms with van der Waals surface area (Å²) < 4.78 is 19.5. The molecule has 1 aliphatic carbocycles. The van der Waals surface area contributed by atoms with Crippen molar-refractivity contribution in [2.45, 2.75) is 56.9 Å². The number of carbonyl (C=O) groups is 2. The second-order valence-corrected chi connectivity index (χ2v) is 8.15. The molecule has 0 aromatic heterocycles. The molecule has 142 valence electrons. The van der Waals surface area contributed by atoms with Crippen molar-refractivity contribution in [1.82, 2.24) is 4.90 Å². The quantitative estimate of drug-likeness (QED) is 0.718. The minimum Gasteiger partial charge on any atom is -0.464 e. The zero-order chi connectivity index (χ0) is 18.5. The normalized spacial score (nSPS) is 23.8. The number of ether oxygens (including phenoxy) is 1. The van der Waals surface area contributed by atoms with Crippen molar-refractivity contribution in [1.29, 1.82) is 0 Å². The lowest BCUT2D eigenvalue weighted by Crippen LogP contribution is -2.49. The van der Waals surface area contributed by atoms with Crippen LogP contribution in [-0.2, 0) is 9.53 Å². The van der Waals surface area contributed by atoms with Gasteiger partial charge in [0.2, 0.25) is 0 Å². The van der Waals surface area contributed by atoms with Crippen molar-refractivity contribution in [3.63, 3.8) is 0 Å². The predicted molar refractivity (Wildman–Crippen MR) is 100 cm³/mol. The van der Waals surface area contributed by atoms with E-state index in [4.69, 9.17) is 4.74 Å². The minimum atomic E-state index is -0.634. The Morgan fingerprint density at radius 3 is 2.65 bits per heavy atom. The SMILES string of the molecule is CCCOC(=O)C1CSC(C2CCCCC2)N1C(=O)c1ccccc1F. The van der Waals surface area contributed by atoms with E-state index in [2.05, 4.69) is 0 Å². The van der Waals surface area contributed by atoms with E-state index >= 15 is 0 Å². The fourth-order valence-electron chi connectivity index (χ4n) is 3.82. The molecule has 1 heterocycles. The molecule has 0 N–H and O–H groups in total. The Labute approximate surface area is 158 Å². The van der Waals surface area contributed by atoms with Gasteiger partial charge < -0.3 is 9.64 Å². The molecule has 0 bridgehead atoms. The predicted octanol–water partition coefficient (Wildman–Crippen LogP) is 4.24. The molecule has 2 aliphatic rings. The van der Waals surface area contributed by atoms with Gasteiger partial charge in [-0.1, -0.05) is 38.3 Å². The molecular formula is C20H26FNO3S. The molecule has 2 unspecified atom stereocenters. The highest BCUT2D eigenvalue weighted by Crippen LogP contribution is 2.41. The largest absolute Gasteiger partial charge is 0.464 e. The Kier molecular flexibility index (Phi) is 6.57. The molecule has 0 spiro atoms. The van der Waals surface area contributed by atoms with Crippen LogP contribution in [-0.4, -0.2) is 40.6 Å². The summed E-state index contributed by atoms with van der Waals surface area (Å²) in [7, 11) is 0. The summed E-state index contributed by atoms with van der Waals surface area (Å²) in [5, 5.41) is -0.0819. The number of esters is 1. The van der Waals surface area contributed by atoms with Gasteiger partial charge in [0.1, 0.15) is 11.9 Å². The number of hydrogen-bond donors (Lipinski definition) is 0. The third-order valence-corrected chi connectivity index (χ3v) is 6.61. The number of carbonyl (C=O) groups excluding carboxylic acids is 2. The standard InChI is InChI=1S/C20H26FNO3S/c1-2-12-25-20(24)17-13-26-19(14-8-4-3-5-9-14)22(17)18(23)15-10-6-7-11-16(15)21/h6-7,10-11,14,17,19H,2-5,8-9,12-13H2,1H3. The number of halogens is 1. The maximum Gasteiger partial charge on any atom is 0.329 e. The summed E-state index contributed by atoms with van der Waals surface area (Å²) in [5.41, 5.74) is 0.0316. The van der Waals surface area contributed by atoms with Crippen LogP contribution in [0.15, 0.2) is 24.3 Å². The number of hydrogen-bond acceptors (Lipinski definition) is 4. The second kappa shape index (κ2) is 8.89. The van der Waals surface area contributed by atoms with Gasteiger partial charge in [0.15, 0.2) is 0 Å².